The lowest BCUT2D eigenvalue weighted by Crippen LogP contribution is -2.33. The lowest BCUT2D eigenvalue weighted by atomic mass is 9.88. The van der Waals surface area contributed by atoms with E-state index in [1.807, 2.05) is 0 Å². The van der Waals surface area contributed by atoms with Crippen LogP contribution in [0.5, 0.6) is 0 Å². The molecule has 0 bridgehead atoms. The van der Waals surface area contributed by atoms with E-state index in [4.69, 9.17) is 39.5 Å². The van der Waals surface area contributed by atoms with Crippen molar-refractivity contribution in [1.29, 1.82) is 0 Å². The maximum Gasteiger partial charge on any atom is 0.358 e. The van der Waals surface area contributed by atoms with Gasteiger partial charge in [-0.2, -0.15) is 0 Å². The molecular formula is C9H13Cl3O2. The zero-order valence-corrected chi connectivity index (χ0v) is 10.2. The molecule has 0 unspecified atom stereocenters. The molecule has 82 valence electrons. The highest BCUT2D eigenvalue weighted by Crippen LogP contribution is 2.32. The third-order valence-electron chi connectivity index (χ3n) is 2.52. The van der Waals surface area contributed by atoms with E-state index in [0.717, 1.165) is 19.3 Å². The molecule has 1 saturated carbocycles. The summed E-state index contributed by atoms with van der Waals surface area (Å²) in [6.45, 7) is 2.05. The zero-order chi connectivity index (χ0) is 10.8. The Kier molecular flexibility index (Phi) is 4.35. The summed E-state index contributed by atoms with van der Waals surface area (Å²) in [5, 5.41) is 0. The standard InChI is InChI=1S/C9H13Cl3O2/c1-6-4-2-3-5-7(6)14-8(13)9(10,11)12/h6-7H,2-5H2,1H3/t6-,7+/m1/s1. The number of hydrogen-bond acceptors (Lipinski definition) is 2. The van der Waals surface area contributed by atoms with E-state index in [1.165, 1.54) is 6.42 Å². The van der Waals surface area contributed by atoms with Crippen LogP contribution in [0.3, 0.4) is 0 Å². The molecule has 0 N–H and O–H groups in total. The van der Waals surface area contributed by atoms with Gasteiger partial charge < -0.3 is 4.74 Å². The number of rotatable bonds is 1. The minimum absolute atomic E-state index is 0.0909. The average molecular weight is 260 g/mol. The monoisotopic (exact) mass is 258 g/mol. The van der Waals surface area contributed by atoms with Gasteiger partial charge in [-0.3, -0.25) is 0 Å². The van der Waals surface area contributed by atoms with Gasteiger partial charge in [0.05, 0.1) is 0 Å². The van der Waals surface area contributed by atoms with E-state index in [9.17, 15) is 4.79 Å². The number of ether oxygens (including phenoxy) is 1. The first-order valence-electron chi connectivity index (χ1n) is 4.69. The summed E-state index contributed by atoms with van der Waals surface area (Å²) >= 11 is 16.2. The lowest BCUT2D eigenvalue weighted by molar-refractivity contribution is -0.152. The Labute approximate surface area is 98.8 Å². The quantitative estimate of drug-likeness (QED) is 0.532. The first kappa shape index (κ1) is 12.4. The van der Waals surface area contributed by atoms with Crippen molar-refractivity contribution in [2.24, 2.45) is 5.92 Å². The Bertz CT molecular complexity index is 213. The van der Waals surface area contributed by atoms with E-state index < -0.39 is 9.76 Å². The summed E-state index contributed by atoms with van der Waals surface area (Å²) in [4.78, 5) is 11.3. The van der Waals surface area contributed by atoms with Crippen LogP contribution in [-0.4, -0.2) is 15.9 Å². The molecule has 0 aliphatic heterocycles. The first-order valence-corrected chi connectivity index (χ1v) is 5.82. The Hall–Kier alpha value is 0.340. The van der Waals surface area contributed by atoms with Crippen LogP contribution in [0.25, 0.3) is 0 Å². The normalized spacial score (nSPS) is 28.6. The van der Waals surface area contributed by atoms with Gasteiger partial charge in [0.25, 0.3) is 3.79 Å². The average Bonchev–Trinajstić information content (AvgIpc) is 2.07. The molecule has 0 amide bonds. The SMILES string of the molecule is C[C@@H]1CCCC[C@@H]1OC(=O)C(Cl)(Cl)Cl. The number of alkyl halides is 3. The van der Waals surface area contributed by atoms with Gasteiger partial charge in [-0.25, -0.2) is 4.79 Å². The molecular weight excluding hydrogens is 246 g/mol. The molecule has 0 saturated heterocycles. The first-order chi connectivity index (χ1) is 6.41. The smallest absolute Gasteiger partial charge is 0.358 e. The van der Waals surface area contributed by atoms with Crippen LogP contribution >= 0.6 is 34.8 Å². The molecule has 1 fully saturated rings. The van der Waals surface area contributed by atoms with Crippen LogP contribution in [0, 0.1) is 5.92 Å². The molecule has 2 nitrogen and oxygen atoms in total. The summed E-state index contributed by atoms with van der Waals surface area (Å²) in [7, 11) is 0. The summed E-state index contributed by atoms with van der Waals surface area (Å²) in [5.74, 6) is -0.402. The summed E-state index contributed by atoms with van der Waals surface area (Å²) in [5.41, 5.74) is 0. The predicted octanol–water partition coefficient (Wildman–Crippen LogP) is 3.48. The van der Waals surface area contributed by atoms with Crippen LogP contribution in [-0.2, 0) is 9.53 Å². The van der Waals surface area contributed by atoms with E-state index in [-0.39, 0.29) is 6.10 Å². The van der Waals surface area contributed by atoms with Gasteiger partial charge in [0.1, 0.15) is 6.10 Å². The number of carbonyl (C=O) groups excluding carboxylic acids is 1. The summed E-state index contributed by atoms with van der Waals surface area (Å²) in [6, 6.07) is 0. The Morgan fingerprint density at radius 3 is 2.36 bits per heavy atom. The second kappa shape index (κ2) is 4.91. The van der Waals surface area contributed by atoms with Crippen LogP contribution < -0.4 is 0 Å². The highest BCUT2D eigenvalue weighted by atomic mass is 35.6. The van der Waals surface area contributed by atoms with E-state index >= 15 is 0 Å². The lowest BCUT2D eigenvalue weighted by Gasteiger charge is -2.29. The molecule has 0 radical (unpaired) electrons. The van der Waals surface area contributed by atoms with Crippen molar-refractivity contribution in [3.63, 3.8) is 0 Å². The fraction of sp³-hybridized carbons (Fsp3) is 0.889. The fourth-order valence-electron chi connectivity index (χ4n) is 1.66. The van der Waals surface area contributed by atoms with Crippen molar-refractivity contribution in [3.05, 3.63) is 0 Å². The van der Waals surface area contributed by atoms with Crippen molar-refractivity contribution >= 4 is 40.8 Å². The van der Waals surface area contributed by atoms with Crippen molar-refractivity contribution in [1.82, 2.24) is 0 Å². The minimum Gasteiger partial charge on any atom is -0.459 e. The van der Waals surface area contributed by atoms with Gasteiger partial charge in [-0.05, 0) is 25.2 Å². The van der Waals surface area contributed by atoms with E-state index in [1.54, 1.807) is 0 Å². The zero-order valence-electron chi connectivity index (χ0n) is 7.93. The Morgan fingerprint density at radius 2 is 1.86 bits per heavy atom. The second-order valence-electron chi connectivity index (χ2n) is 3.70. The number of halogens is 3. The molecule has 0 spiro atoms. The maximum atomic E-state index is 11.3. The maximum absolute atomic E-state index is 11.3. The van der Waals surface area contributed by atoms with Crippen molar-refractivity contribution in [2.45, 2.75) is 42.5 Å². The minimum atomic E-state index is -1.95. The van der Waals surface area contributed by atoms with Crippen LogP contribution in [0.1, 0.15) is 32.6 Å². The van der Waals surface area contributed by atoms with Crippen LogP contribution in [0.15, 0.2) is 0 Å². The third-order valence-corrected chi connectivity index (χ3v) is 2.99. The Morgan fingerprint density at radius 1 is 1.29 bits per heavy atom. The molecule has 0 aromatic heterocycles. The van der Waals surface area contributed by atoms with Gasteiger partial charge in [-0.15, -0.1) is 0 Å². The van der Waals surface area contributed by atoms with E-state index in [0.29, 0.717) is 5.92 Å². The summed E-state index contributed by atoms with van der Waals surface area (Å²) in [6.07, 6.45) is 4.10. The molecule has 0 aromatic carbocycles. The largest absolute Gasteiger partial charge is 0.459 e. The molecule has 1 rings (SSSR count). The van der Waals surface area contributed by atoms with Gasteiger partial charge in [-0.1, -0.05) is 48.1 Å². The second-order valence-corrected chi connectivity index (χ2v) is 5.98. The number of carbonyl (C=O) groups is 1. The molecule has 5 heteroatoms. The van der Waals surface area contributed by atoms with Gasteiger partial charge >= 0.3 is 5.97 Å². The summed E-state index contributed by atoms with van der Waals surface area (Å²) < 4.78 is 3.19. The van der Waals surface area contributed by atoms with Crippen molar-refractivity contribution < 1.29 is 9.53 Å². The van der Waals surface area contributed by atoms with Crippen molar-refractivity contribution in [3.8, 4) is 0 Å². The molecule has 0 aromatic rings. The highest BCUT2D eigenvalue weighted by molar-refractivity contribution is 6.75. The molecule has 0 heterocycles. The number of esters is 1. The highest BCUT2D eigenvalue weighted by Gasteiger charge is 2.36. The van der Waals surface area contributed by atoms with Gasteiger partial charge in [0.15, 0.2) is 0 Å². The predicted molar refractivity (Wildman–Crippen MR) is 57.8 cm³/mol. The molecule has 1 aliphatic carbocycles. The third kappa shape index (κ3) is 3.48. The van der Waals surface area contributed by atoms with E-state index in [2.05, 4.69) is 6.92 Å². The Balaban J connectivity index is 2.46. The molecule has 2 atom stereocenters. The van der Waals surface area contributed by atoms with Gasteiger partial charge in [0, 0.05) is 0 Å². The van der Waals surface area contributed by atoms with Gasteiger partial charge in [0.2, 0.25) is 0 Å². The topological polar surface area (TPSA) is 26.3 Å². The number of hydrogen-bond donors (Lipinski definition) is 0. The molecule has 14 heavy (non-hydrogen) atoms. The van der Waals surface area contributed by atoms with Crippen molar-refractivity contribution in [2.75, 3.05) is 0 Å². The fourth-order valence-corrected chi connectivity index (χ4v) is 1.80. The van der Waals surface area contributed by atoms with Crippen LogP contribution in [0.2, 0.25) is 0 Å². The van der Waals surface area contributed by atoms with Crippen LogP contribution in [0.4, 0.5) is 0 Å². The molecule has 1 aliphatic rings.